The number of nitrogens with zero attached hydrogens (tertiary/aromatic N) is 1. The lowest BCUT2D eigenvalue weighted by Gasteiger charge is -2.04. The van der Waals surface area contributed by atoms with E-state index in [1.807, 2.05) is 0 Å². The number of benzene rings is 1. The Labute approximate surface area is 85.4 Å². The van der Waals surface area contributed by atoms with Gasteiger partial charge in [-0.25, -0.2) is 0 Å². The van der Waals surface area contributed by atoms with E-state index < -0.39 is 0 Å². The summed E-state index contributed by atoms with van der Waals surface area (Å²) in [6.07, 6.45) is 4.71. The Balaban J connectivity index is 2.40. The first-order valence-corrected chi connectivity index (χ1v) is 5.37. The molecule has 1 nitrogen and oxygen atoms in total. The number of hydrogen-bond donors (Lipinski definition) is 0. The molecular formula is C13H17N. The number of aromatic nitrogens is 1. The highest BCUT2D eigenvalue weighted by atomic mass is 14.9. The van der Waals surface area contributed by atoms with Crippen molar-refractivity contribution in [1.82, 2.24) is 4.57 Å². The van der Waals surface area contributed by atoms with Gasteiger partial charge in [0.25, 0.3) is 0 Å². The molecular weight excluding hydrogens is 170 g/mol. The van der Waals surface area contributed by atoms with Crippen molar-refractivity contribution < 1.29 is 0 Å². The van der Waals surface area contributed by atoms with Crippen LogP contribution in [0.4, 0.5) is 0 Å². The minimum absolute atomic E-state index is 1.14. The average molecular weight is 187 g/mol. The maximum atomic E-state index is 2.35. The number of unbranched alkanes of at least 4 members (excludes halogenated alkanes) is 1. The second-order valence-corrected chi connectivity index (χ2v) is 3.92. The lowest BCUT2D eigenvalue weighted by molar-refractivity contribution is 0.650. The predicted octanol–water partition coefficient (Wildman–Crippen LogP) is 3.75. The van der Waals surface area contributed by atoms with Gasteiger partial charge in [0.2, 0.25) is 0 Å². The molecule has 74 valence electrons. The van der Waals surface area contributed by atoms with Crippen molar-refractivity contribution in [3.8, 4) is 0 Å². The third-order valence-electron chi connectivity index (χ3n) is 2.68. The summed E-state index contributed by atoms with van der Waals surface area (Å²) in [4.78, 5) is 0. The largest absolute Gasteiger partial charge is 0.347 e. The lowest BCUT2D eigenvalue weighted by atomic mass is 10.2. The maximum absolute atomic E-state index is 2.35. The highest BCUT2D eigenvalue weighted by Crippen LogP contribution is 2.17. The summed E-state index contributed by atoms with van der Waals surface area (Å²) in [6.45, 7) is 5.52. The van der Waals surface area contributed by atoms with Crippen LogP contribution >= 0.6 is 0 Å². The summed E-state index contributed by atoms with van der Waals surface area (Å²) >= 11 is 0. The molecule has 0 bridgehead atoms. The standard InChI is InChI=1S/C13H17N/c1-3-4-8-14-9-7-12-6-5-11(2)10-13(12)14/h5-7,9-10H,3-4,8H2,1-2H3. The average Bonchev–Trinajstić information content (AvgIpc) is 2.57. The Hall–Kier alpha value is -1.24. The molecule has 0 saturated carbocycles. The van der Waals surface area contributed by atoms with Crippen molar-refractivity contribution in [2.24, 2.45) is 0 Å². The molecule has 0 saturated heterocycles. The van der Waals surface area contributed by atoms with Crippen LogP contribution in [0.25, 0.3) is 10.9 Å². The molecule has 14 heavy (non-hydrogen) atoms. The van der Waals surface area contributed by atoms with Crippen LogP contribution < -0.4 is 0 Å². The van der Waals surface area contributed by atoms with Gasteiger partial charge in [-0.05, 0) is 36.4 Å². The van der Waals surface area contributed by atoms with E-state index in [0.29, 0.717) is 0 Å². The number of hydrogen-bond acceptors (Lipinski definition) is 0. The highest BCUT2D eigenvalue weighted by molar-refractivity contribution is 5.80. The lowest BCUT2D eigenvalue weighted by Crippen LogP contribution is -1.94. The SMILES string of the molecule is CCCCn1ccc2ccc(C)cc21. The third kappa shape index (κ3) is 1.67. The molecule has 1 aromatic carbocycles. The van der Waals surface area contributed by atoms with Crippen molar-refractivity contribution in [2.75, 3.05) is 0 Å². The third-order valence-corrected chi connectivity index (χ3v) is 2.68. The van der Waals surface area contributed by atoms with Crippen molar-refractivity contribution in [3.05, 3.63) is 36.0 Å². The van der Waals surface area contributed by atoms with E-state index in [1.165, 1.54) is 29.3 Å². The van der Waals surface area contributed by atoms with Crippen LogP contribution in [0.15, 0.2) is 30.5 Å². The second-order valence-electron chi connectivity index (χ2n) is 3.92. The zero-order valence-corrected chi connectivity index (χ0v) is 8.96. The van der Waals surface area contributed by atoms with Gasteiger partial charge < -0.3 is 4.57 Å². The van der Waals surface area contributed by atoms with E-state index in [2.05, 4.69) is 48.9 Å². The van der Waals surface area contributed by atoms with E-state index in [4.69, 9.17) is 0 Å². The topological polar surface area (TPSA) is 4.93 Å². The van der Waals surface area contributed by atoms with Crippen LogP contribution in [0, 0.1) is 6.92 Å². The molecule has 0 aliphatic carbocycles. The van der Waals surface area contributed by atoms with Crippen molar-refractivity contribution in [2.45, 2.75) is 33.2 Å². The first-order chi connectivity index (χ1) is 6.81. The Morgan fingerprint density at radius 1 is 1.21 bits per heavy atom. The van der Waals surface area contributed by atoms with Gasteiger partial charge in [0.05, 0.1) is 0 Å². The molecule has 0 aliphatic rings. The van der Waals surface area contributed by atoms with E-state index in [1.54, 1.807) is 0 Å². The predicted molar refractivity (Wildman–Crippen MR) is 61.6 cm³/mol. The number of fused-ring (bicyclic) bond motifs is 1. The molecule has 1 heteroatoms. The molecule has 0 N–H and O–H groups in total. The van der Waals surface area contributed by atoms with Gasteiger partial charge >= 0.3 is 0 Å². The molecule has 0 aliphatic heterocycles. The maximum Gasteiger partial charge on any atom is 0.0482 e. The van der Waals surface area contributed by atoms with Gasteiger partial charge in [0.1, 0.15) is 0 Å². The normalized spacial score (nSPS) is 11.0. The van der Waals surface area contributed by atoms with Crippen LogP contribution in [-0.4, -0.2) is 4.57 Å². The van der Waals surface area contributed by atoms with E-state index >= 15 is 0 Å². The van der Waals surface area contributed by atoms with Gasteiger partial charge in [-0.1, -0.05) is 25.5 Å². The van der Waals surface area contributed by atoms with Crippen molar-refractivity contribution >= 4 is 10.9 Å². The molecule has 0 radical (unpaired) electrons. The van der Waals surface area contributed by atoms with Crippen LogP contribution in [0.1, 0.15) is 25.3 Å². The Morgan fingerprint density at radius 2 is 2.07 bits per heavy atom. The van der Waals surface area contributed by atoms with Crippen LogP contribution in [0.5, 0.6) is 0 Å². The fourth-order valence-corrected chi connectivity index (χ4v) is 1.82. The first kappa shape index (κ1) is 9.32. The van der Waals surface area contributed by atoms with Gasteiger partial charge in [-0.15, -0.1) is 0 Å². The van der Waals surface area contributed by atoms with Gasteiger partial charge in [0.15, 0.2) is 0 Å². The van der Waals surface area contributed by atoms with Crippen LogP contribution in [-0.2, 0) is 6.54 Å². The smallest absolute Gasteiger partial charge is 0.0482 e. The number of aryl methyl sites for hydroxylation is 2. The quantitative estimate of drug-likeness (QED) is 0.689. The molecule has 1 aromatic heterocycles. The summed E-state index contributed by atoms with van der Waals surface area (Å²) in [5.41, 5.74) is 2.72. The fourth-order valence-electron chi connectivity index (χ4n) is 1.82. The molecule has 2 aromatic rings. The molecule has 2 rings (SSSR count). The zero-order valence-electron chi connectivity index (χ0n) is 8.96. The minimum Gasteiger partial charge on any atom is -0.347 e. The van der Waals surface area contributed by atoms with Crippen molar-refractivity contribution in [1.29, 1.82) is 0 Å². The molecule has 0 unspecified atom stereocenters. The van der Waals surface area contributed by atoms with E-state index in [0.717, 1.165) is 6.54 Å². The minimum atomic E-state index is 1.14. The van der Waals surface area contributed by atoms with E-state index in [9.17, 15) is 0 Å². The molecule has 1 heterocycles. The summed E-state index contributed by atoms with van der Waals surface area (Å²) in [5.74, 6) is 0. The Morgan fingerprint density at radius 3 is 2.86 bits per heavy atom. The summed E-state index contributed by atoms with van der Waals surface area (Å²) in [7, 11) is 0. The summed E-state index contributed by atoms with van der Waals surface area (Å²) < 4.78 is 2.35. The Bertz CT molecular complexity index is 426. The highest BCUT2D eigenvalue weighted by Gasteiger charge is 1.99. The number of rotatable bonds is 3. The second kappa shape index (κ2) is 3.87. The summed E-state index contributed by atoms with van der Waals surface area (Å²) in [6, 6.07) is 8.84. The van der Waals surface area contributed by atoms with Gasteiger partial charge in [-0.2, -0.15) is 0 Å². The van der Waals surface area contributed by atoms with Gasteiger partial charge in [0, 0.05) is 18.3 Å². The first-order valence-electron chi connectivity index (χ1n) is 5.37. The fraction of sp³-hybridized carbons (Fsp3) is 0.385. The molecule has 0 amide bonds. The Kier molecular flexibility index (Phi) is 2.58. The summed E-state index contributed by atoms with van der Waals surface area (Å²) in [5, 5.41) is 1.35. The molecule has 0 spiro atoms. The van der Waals surface area contributed by atoms with E-state index in [-0.39, 0.29) is 0 Å². The monoisotopic (exact) mass is 187 g/mol. The van der Waals surface area contributed by atoms with Gasteiger partial charge in [-0.3, -0.25) is 0 Å². The van der Waals surface area contributed by atoms with Crippen LogP contribution in [0.3, 0.4) is 0 Å². The zero-order chi connectivity index (χ0) is 9.97. The molecule has 0 fully saturated rings. The van der Waals surface area contributed by atoms with Crippen LogP contribution in [0.2, 0.25) is 0 Å². The molecule has 0 atom stereocenters. The van der Waals surface area contributed by atoms with Crippen molar-refractivity contribution in [3.63, 3.8) is 0 Å².